The summed E-state index contributed by atoms with van der Waals surface area (Å²) in [6, 6.07) is 19.1. The molecule has 1 unspecified atom stereocenters. The van der Waals surface area contributed by atoms with Gasteiger partial charge in [-0.1, -0.05) is 42.5 Å². The van der Waals surface area contributed by atoms with Crippen molar-refractivity contribution in [3.05, 3.63) is 70.5 Å². The first-order valence-electron chi connectivity index (χ1n) is 8.65. The van der Waals surface area contributed by atoms with E-state index in [-0.39, 0.29) is 0 Å². The third kappa shape index (κ3) is 3.83. The molecule has 1 saturated heterocycles. The van der Waals surface area contributed by atoms with Crippen LogP contribution >= 0.6 is 15.9 Å². The lowest BCUT2D eigenvalue weighted by atomic mass is 10.0. The SMILES string of the molecule is Brc1ccccc1-c1nnc(CN2CCCC2Cc2ccccc2)o1. The van der Waals surface area contributed by atoms with Gasteiger partial charge in [0, 0.05) is 10.5 Å². The summed E-state index contributed by atoms with van der Waals surface area (Å²) in [5.41, 5.74) is 2.32. The Morgan fingerprint density at radius 1 is 1.04 bits per heavy atom. The number of aromatic nitrogens is 2. The van der Waals surface area contributed by atoms with Crippen molar-refractivity contribution in [3.63, 3.8) is 0 Å². The number of hydrogen-bond acceptors (Lipinski definition) is 4. The predicted molar refractivity (Wildman–Crippen MR) is 101 cm³/mol. The molecule has 0 N–H and O–H groups in total. The Balaban J connectivity index is 1.46. The van der Waals surface area contributed by atoms with Crippen molar-refractivity contribution in [2.24, 2.45) is 0 Å². The molecular weight excluding hydrogens is 378 g/mol. The van der Waals surface area contributed by atoms with Gasteiger partial charge in [-0.05, 0) is 59.4 Å². The minimum atomic E-state index is 0.543. The fourth-order valence-electron chi connectivity index (χ4n) is 3.46. The normalized spacial score (nSPS) is 17.9. The van der Waals surface area contributed by atoms with Crippen LogP contribution in [0.5, 0.6) is 0 Å². The summed E-state index contributed by atoms with van der Waals surface area (Å²) in [4.78, 5) is 2.46. The van der Waals surface area contributed by atoms with Crippen molar-refractivity contribution >= 4 is 15.9 Å². The van der Waals surface area contributed by atoms with E-state index in [2.05, 4.69) is 61.4 Å². The van der Waals surface area contributed by atoms with Gasteiger partial charge in [0.25, 0.3) is 0 Å². The summed E-state index contributed by atoms with van der Waals surface area (Å²) in [6.45, 7) is 1.80. The number of hydrogen-bond donors (Lipinski definition) is 0. The van der Waals surface area contributed by atoms with E-state index in [1.54, 1.807) is 0 Å². The Hall–Kier alpha value is -1.98. The molecule has 2 aromatic carbocycles. The molecule has 128 valence electrons. The van der Waals surface area contributed by atoms with Crippen molar-refractivity contribution in [1.29, 1.82) is 0 Å². The van der Waals surface area contributed by atoms with E-state index in [1.807, 2.05) is 24.3 Å². The first-order valence-corrected chi connectivity index (χ1v) is 9.44. The molecule has 0 bridgehead atoms. The van der Waals surface area contributed by atoms with Gasteiger partial charge in [-0.15, -0.1) is 10.2 Å². The smallest absolute Gasteiger partial charge is 0.248 e. The third-order valence-electron chi connectivity index (χ3n) is 4.72. The van der Waals surface area contributed by atoms with E-state index in [9.17, 15) is 0 Å². The fraction of sp³-hybridized carbons (Fsp3) is 0.300. The lowest BCUT2D eigenvalue weighted by Crippen LogP contribution is -2.30. The highest BCUT2D eigenvalue weighted by Crippen LogP contribution is 2.28. The van der Waals surface area contributed by atoms with Crippen LogP contribution in [-0.4, -0.2) is 27.7 Å². The Bertz CT molecular complexity index is 834. The predicted octanol–water partition coefficient (Wildman–Crippen LogP) is 4.71. The topological polar surface area (TPSA) is 42.2 Å². The zero-order valence-electron chi connectivity index (χ0n) is 13.9. The molecule has 4 nitrogen and oxygen atoms in total. The van der Waals surface area contributed by atoms with E-state index in [1.165, 1.54) is 18.4 Å². The van der Waals surface area contributed by atoms with Gasteiger partial charge in [0.2, 0.25) is 11.8 Å². The Labute approximate surface area is 156 Å². The average molecular weight is 398 g/mol. The molecule has 4 rings (SSSR count). The number of halogens is 1. The first-order chi connectivity index (χ1) is 12.3. The molecule has 1 aliphatic heterocycles. The number of likely N-dealkylation sites (tertiary alicyclic amines) is 1. The van der Waals surface area contributed by atoms with Crippen LogP contribution in [0.1, 0.15) is 24.3 Å². The molecule has 0 saturated carbocycles. The Morgan fingerprint density at radius 2 is 1.84 bits per heavy atom. The summed E-state index contributed by atoms with van der Waals surface area (Å²) >= 11 is 3.54. The number of benzene rings is 2. The van der Waals surface area contributed by atoms with Crippen molar-refractivity contribution in [2.75, 3.05) is 6.54 Å². The molecule has 1 aromatic heterocycles. The van der Waals surface area contributed by atoms with Gasteiger partial charge in [0.1, 0.15) is 0 Å². The standard InChI is InChI=1S/C20H20BrN3O/c21-18-11-5-4-10-17(18)20-23-22-19(25-20)14-24-12-6-9-16(24)13-15-7-2-1-3-8-15/h1-5,7-8,10-11,16H,6,9,12-14H2. The molecule has 1 aliphatic rings. The molecular formula is C20H20BrN3O. The van der Waals surface area contributed by atoms with Crippen LogP contribution in [0.3, 0.4) is 0 Å². The van der Waals surface area contributed by atoms with Crippen molar-refractivity contribution < 1.29 is 4.42 Å². The number of rotatable bonds is 5. The zero-order valence-corrected chi connectivity index (χ0v) is 15.5. The molecule has 1 fully saturated rings. The Morgan fingerprint density at radius 3 is 2.68 bits per heavy atom. The molecule has 5 heteroatoms. The van der Waals surface area contributed by atoms with Crippen LogP contribution in [0, 0.1) is 0 Å². The molecule has 0 aliphatic carbocycles. The van der Waals surface area contributed by atoms with E-state index in [0.29, 0.717) is 17.8 Å². The van der Waals surface area contributed by atoms with Crippen LogP contribution in [0.4, 0.5) is 0 Å². The van der Waals surface area contributed by atoms with E-state index in [4.69, 9.17) is 4.42 Å². The molecule has 2 heterocycles. The highest BCUT2D eigenvalue weighted by atomic mass is 79.9. The molecule has 1 atom stereocenters. The summed E-state index contributed by atoms with van der Waals surface area (Å²) in [7, 11) is 0. The maximum absolute atomic E-state index is 5.92. The highest BCUT2D eigenvalue weighted by Gasteiger charge is 2.26. The summed E-state index contributed by atoms with van der Waals surface area (Å²) in [5, 5.41) is 8.48. The second-order valence-electron chi connectivity index (χ2n) is 6.44. The molecule has 0 spiro atoms. The maximum atomic E-state index is 5.92. The van der Waals surface area contributed by atoms with Crippen molar-refractivity contribution in [2.45, 2.75) is 31.8 Å². The monoisotopic (exact) mass is 397 g/mol. The summed E-state index contributed by atoms with van der Waals surface area (Å²) in [5.74, 6) is 1.26. The van der Waals surface area contributed by atoms with Crippen molar-refractivity contribution in [3.8, 4) is 11.5 Å². The van der Waals surface area contributed by atoms with Crippen LogP contribution in [0.15, 0.2) is 63.5 Å². The number of nitrogens with zero attached hydrogens (tertiary/aromatic N) is 3. The fourth-order valence-corrected chi connectivity index (χ4v) is 3.91. The quantitative estimate of drug-likeness (QED) is 0.625. The molecule has 0 radical (unpaired) electrons. The van der Waals surface area contributed by atoms with E-state index >= 15 is 0 Å². The lowest BCUT2D eigenvalue weighted by molar-refractivity contribution is 0.221. The minimum absolute atomic E-state index is 0.543. The first kappa shape index (κ1) is 16.5. The molecule has 0 amide bonds. The highest BCUT2D eigenvalue weighted by molar-refractivity contribution is 9.10. The van der Waals surface area contributed by atoms with Gasteiger partial charge in [0.05, 0.1) is 12.1 Å². The molecule has 3 aromatic rings. The zero-order chi connectivity index (χ0) is 17.1. The Kier molecular flexibility index (Phi) is 4.95. The van der Waals surface area contributed by atoms with Gasteiger partial charge in [-0.3, -0.25) is 4.90 Å². The van der Waals surface area contributed by atoms with E-state index in [0.717, 1.165) is 29.5 Å². The summed E-state index contributed by atoms with van der Waals surface area (Å²) < 4.78 is 6.88. The molecule has 25 heavy (non-hydrogen) atoms. The van der Waals surface area contributed by atoms with Gasteiger partial charge in [-0.25, -0.2) is 0 Å². The van der Waals surface area contributed by atoms with Crippen LogP contribution in [-0.2, 0) is 13.0 Å². The van der Waals surface area contributed by atoms with Crippen LogP contribution < -0.4 is 0 Å². The van der Waals surface area contributed by atoms with Crippen molar-refractivity contribution in [1.82, 2.24) is 15.1 Å². The van der Waals surface area contributed by atoms with Gasteiger partial charge in [-0.2, -0.15) is 0 Å². The van der Waals surface area contributed by atoms with Crippen LogP contribution in [0.2, 0.25) is 0 Å². The second-order valence-corrected chi connectivity index (χ2v) is 7.29. The maximum Gasteiger partial charge on any atom is 0.248 e. The van der Waals surface area contributed by atoms with E-state index < -0.39 is 0 Å². The second kappa shape index (κ2) is 7.50. The summed E-state index contributed by atoms with van der Waals surface area (Å²) in [6.07, 6.45) is 3.52. The largest absolute Gasteiger partial charge is 0.419 e. The van der Waals surface area contributed by atoms with Gasteiger partial charge < -0.3 is 4.42 Å². The lowest BCUT2D eigenvalue weighted by Gasteiger charge is -2.22. The van der Waals surface area contributed by atoms with Gasteiger partial charge in [0.15, 0.2) is 0 Å². The van der Waals surface area contributed by atoms with Crippen LogP contribution in [0.25, 0.3) is 11.5 Å². The average Bonchev–Trinajstić information content (AvgIpc) is 3.27. The minimum Gasteiger partial charge on any atom is -0.419 e. The third-order valence-corrected chi connectivity index (χ3v) is 5.41. The van der Waals surface area contributed by atoms with Gasteiger partial charge >= 0.3 is 0 Å².